The lowest BCUT2D eigenvalue weighted by Crippen LogP contribution is -3.08. The van der Waals surface area contributed by atoms with Gasteiger partial charge in [-0.05, 0) is 12.1 Å². The molecule has 6 heteroatoms. The molecule has 1 N–H and O–H groups in total. The van der Waals surface area contributed by atoms with E-state index in [1.54, 1.807) is 32.2 Å². The molecular weight excluding hydrogens is 284 g/mol. The summed E-state index contributed by atoms with van der Waals surface area (Å²) in [7, 11) is 6.95. The SMILES string of the molecule is COc1ccc2c(C[NH+](C)CC(=O)N(C)C)cc(=O)oc2c1. The molecule has 0 bridgehead atoms. The number of fused-ring (bicyclic) bond motifs is 1. The van der Waals surface area contributed by atoms with Crippen molar-refractivity contribution in [1.29, 1.82) is 0 Å². The molecule has 0 aliphatic rings. The Bertz CT molecular complexity index is 736. The van der Waals surface area contributed by atoms with Crippen LogP contribution in [0.1, 0.15) is 5.56 Å². The van der Waals surface area contributed by atoms with Gasteiger partial charge in [-0.1, -0.05) is 0 Å². The minimum atomic E-state index is -0.400. The van der Waals surface area contributed by atoms with Gasteiger partial charge in [-0.25, -0.2) is 4.79 Å². The van der Waals surface area contributed by atoms with Crippen LogP contribution in [0, 0.1) is 0 Å². The van der Waals surface area contributed by atoms with Gasteiger partial charge in [0.05, 0.1) is 14.2 Å². The van der Waals surface area contributed by atoms with E-state index in [0.717, 1.165) is 15.8 Å². The van der Waals surface area contributed by atoms with Gasteiger partial charge in [0.25, 0.3) is 5.91 Å². The molecule has 1 unspecified atom stereocenters. The van der Waals surface area contributed by atoms with Gasteiger partial charge < -0.3 is 19.0 Å². The van der Waals surface area contributed by atoms with Gasteiger partial charge in [-0.2, -0.15) is 0 Å². The third kappa shape index (κ3) is 3.65. The van der Waals surface area contributed by atoms with Gasteiger partial charge in [-0.3, -0.25) is 4.79 Å². The summed E-state index contributed by atoms with van der Waals surface area (Å²) in [6, 6.07) is 6.87. The lowest BCUT2D eigenvalue weighted by molar-refractivity contribution is -0.885. The molecule has 2 rings (SSSR count). The summed E-state index contributed by atoms with van der Waals surface area (Å²) in [5.41, 5.74) is 0.953. The number of carbonyl (C=O) groups excluding carboxylic acids is 1. The summed E-state index contributed by atoms with van der Waals surface area (Å²) in [5, 5.41) is 0.858. The molecule has 0 aliphatic carbocycles. The van der Waals surface area contributed by atoms with Crippen LogP contribution in [-0.4, -0.2) is 45.6 Å². The number of rotatable bonds is 5. The predicted octanol–water partition coefficient (Wildman–Crippen LogP) is -0.0955. The number of benzene rings is 1. The van der Waals surface area contributed by atoms with E-state index in [0.29, 0.717) is 24.4 Å². The van der Waals surface area contributed by atoms with Crippen LogP contribution in [0.4, 0.5) is 0 Å². The summed E-state index contributed by atoms with van der Waals surface area (Å²) < 4.78 is 10.4. The fraction of sp³-hybridized carbons (Fsp3) is 0.375. The first-order valence-electron chi connectivity index (χ1n) is 7.03. The second kappa shape index (κ2) is 6.62. The maximum Gasteiger partial charge on any atom is 0.336 e. The zero-order chi connectivity index (χ0) is 16.3. The Morgan fingerprint density at radius 1 is 1.32 bits per heavy atom. The number of carbonyl (C=O) groups is 1. The Hall–Kier alpha value is -2.34. The predicted molar refractivity (Wildman–Crippen MR) is 83.2 cm³/mol. The molecule has 6 nitrogen and oxygen atoms in total. The standard InChI is InChI=1S/C16H20N2O4/c1-17(2)15(19)10-18(3)9-11-7-16(20)22-14-8-12(21-4)5-6-13(11)14/h5-8H,9-10H2,1-4H3/p+1. The molecule has 0 saturated heterocycles. The topological polar surface area (TPSA) is 64.2 Å². The summed E-state index contributed by atoms with van der Waals surface area (Å²) in [5.74, 6) is 0.683. The molecule has 1 aromatic heterocycles. The van der Waals surface area contributed by atoms with Crippen LogP contribution in [0.15, 0.2) is 33.5 Å². The fourth-order valence-electron chi connectivity index (χ4n) is 2.29. The molecule has 1 aromatic carbocycles. The average molecular weight is 305 g/mol. The highest BCUT2D eigenvalue weighted by atomic mass is 16.5. The van der Waals surface area contributed by atoms with Crippen LogP contribution in [0.3, 0.4) is 0 Å². The van der Waals surface area contributed by atoms with Crippen LogP contribution in [0.25, 0.3) is 11.0 Å². The second-order valence-electron chi connectivity index (χ2n) is 5.55. The highest BCUT2D eigenvalue weighted by molar-refractivity contribution is 5.81. The van der Waals surface area contributed by atoms with Crippen molar-refractivity contribution < 1.29 is 18.8 Å². The molecule has 118 valence electrons. The number of ether oxygens (including phenoxy) is 1. The lowest BCUT2D eigenvalue weighted by atomic mass is 10.1. The molecule has 1 heterocycles. The number of nitrogens with one attached hydrogen (secondary N) is 1. The summed E-state index contributed by atoms with van der Waals surface area (Å²) in [6.45, 7) is 0.929. The smallest absolute Gasteiger partial charge is 0.336 e. The van der Waals surface area contributed by atoms with Gasteiger partial charge in [0.2, 0.25) is 0 Å². The molecule has 0 spiro atoms. The Morgan fingerprint density at radius 3 is 2.68 bits per heavy atom. The highest BCUT2D eigenvalue weighted by Crippen LogP contribution is 2.21. The van der Waals surface area contributed by atoms with E-state index in [1.165, 1.54) is 6.07 Å². The molecule has 0 radical (unpaired) electrons. The minimum absolute atomic E-state index is 0.0476. The van der Waals surface area contributed by atoms with Crippen molar-refractivity contribution in [3.05, 3.63) is 40.2 Å². The van der Waals surface area contributed by atoms with E-state index in [-0.39, 0.29) is 5.91 Å². The van der Waals surface area contributed by atoms with Gasteiger partial charge in [0.15, 0.2) is 6.54 Å². The van der Waals surface area contributed by atoms with Gasteiger partial charge in [0, 0.05) is 37.2 Å². The molecule has 22 heavy (non-hydrogen) atoms. The maximum absolute atomic E-state index is 11.8. The van der Waals surface area contributed by atoms with Crippen LogP contribution < -0.4 is 15.3 Å². The molecule has 1 amide bonds. The van der Waals surface area contributed by atoms with Crippen molar-refractivity contribution in [3.8, 4) is 5.75 Å². The highest BCUT2D eigenvalue weighted by Gasteiger charge is 2.15. The summed E-state index contributed by atoms with van der Waals surface area (Å²) >= 11 is 0. The van der Waals surface area contributed by atoms with Crippen LogP contribution in [0.5, 0.6) is 5.75 Å². The first-order chi connectivity index (χ1) is 10.4. The monoisotopic (exact) mass is 305 g/mol. The van der Waals surface area contributed by atoms with Crippen molar-refractivity contribution in [2.24, 2.45) is 0 Å². The number of hydrogen-bond donors (Lipinski definition) is 1. The number of quaternary nitrogens is 1. The van der Waals surface area contributed by atoms with Crippen LogP contribution in [-0.2, 0) is 11.3 Å². The zero-order valence-electron chi connectivity index (χ0n) is 13.3. The number of methoxy groups -OCH3 is 1. The first kappa shape index (κ1) is 16.0. The Morgan fingerprint density at radius 2 is 2.05 bits per heavy atom. The number of likely N-dealkylation sites (N-methyl/N-ethyl adjacent to an activating group) is 2. The van der Waals surface area contributed by atoms with E-state index in [9.17, 15) is 9.59 Å². The summed E-state index contributed by atoms with van der Waals surface area (Å²) in [4.78, 5) is 26.1. The summed E-state index contributed by atoms with van der Waals surface area (Å²) in [6.07, 6.45) is 0. The number of amides is 1. The Labute approximate surface area is 128 Å². The zero-order valence-corrected chi connectivity index (χ0v) is 13.3. The third-order valence-corrected chi connectivity index (χ3v) is 3.48. The minimum Gasteiger partial charge on any atom is -0.497 e. The first-order valence-corrected chi connectivity index (χ1v) is 7.03. The van der Waals surface area contributed by atoms with E-state index in [2.05, 4.69) is 0 Å². The van der Waals surface area contributed by atoms with Crippen molar-refractivity contribution in [3.63, 3.8) is 0 Å². The van der Waals surface area contributed by atoms with Crippen molar-refractivity contribution in [1.82, 2.24) is 4.90 Å². The normalized spacial score (nSPS) is 12.2. The molecule has 1 atom stereocenters. The van der Waals surface area contributed by atoms with E-state index in [4.69, 9.17) is 9.15 Å². The average Bonchev–Trinajstić information content (AvgIpc) is 2.45. The quantitative estimate of drug-likeness (QED) is 0.784. The fourth-order valence-corrected chi connectivity index (χ4v) is 2.29. The van der Waals surface area contributed by atoms with Gasteiger partial charge in [-0.15, -0.1) is 0 Å². The van der Waals surface area contributed by atoms with Crippen LogP contribution >= 0.6 is 0 Å². The Balaban J connectivity index is 2.31. The lowest BCUT2D eigenvalue weighted by Gasteiger charge is -2.17. The molecule has 0 saturated carbocycles. The van der Waals surface area contributed by atoms with Crippen molar-refractivity contribution in [2.45, 2.75) is 6.54 Å². The Kier molecular flexibility index (Phi) is 4.82. The van der Waals surface area contributed by atoms with Crippen LogP contribution in [0.2, 0.25) is 0 Å². The molecule has 2 aromatic rings. The number of nitrogens with zero attached hydrogens (tertiary/aromatic N) is 1. The van der Waals surface area contributed by atoms with Gasteiger partial charge >= 0.3 is 5.63 Å². The van der Waals surface area contributed by atoms with E-state index in [1.807, 2.05) is 19.2 Å². The van der Waals surface area contributed by atoms with E-state index < -0.39 is 5.63 Å². The second-order valence-corrected chi connectivity index (χ2v) is 5.55. The maximum atomic E-state index is 11.8. The van der Waals surface area contributed by atoms with Gasteiger partial charge in [0.1, 0.15) is 17.9 Å². The van der Waals surface area contributed by atoms with Crippen molar-refractivity contribution in [2.75, 3.05) is 34.8 Å². The molecule has 0 fully saturated rings. The largest absolute Gasteiger partial charge is 0.497 e. The number of hydrogen-bond acceptors (Lipinski definition) is 4. The molecular formula is C16H21N2O4+. The van der Waals surface area contributed by atoms with Crippen molar-refractivity contribution >= 4 is 16.9 Å². The molecule has 0 aliphatic heterocycles. The third-order valence-electron chi connectivity index (χ3n) is 3.48. The van der Waals surface area contributed by atoms with E-state index >= 15 is 0 Å².